The van der Waals surface area contributed by atoms with Crippen molar-refractivity contribution in [3.05, 3.63) is 51.2 Å². The van der Waals surface area contributed by atoms with Gasteiger partial charge in [-0.15, -0.1) is 11.3 Å². The summed E-state index contributed by atoms with van der Waals surface area (Å²) in [4.78, 5) is 17.3. The maximum Gasteiger partial charge on any atom is 0.144 e. The van der Waals surface area contributed by atoms with E-state index in [1.807, 2.05) is 0 Å². The summed E-state index contributed by atoms with van der Waals surface area (Å²) in [5.41, 5.74) is 4.60. The van der Waals surface area contributed by atoms with Crippen LogP contribution in [-0.4, -0.2) is 15.9 Å². The standard InChI is InChI=1S/C18H17NO3S/c20-9-15-8-19-18(23-15)7-14(21)4-13-10-22-17-6-12-3-1-2-11(12)5-16(13)17/h5-6,8,10,20H,1-4,7,9H2. The van der Waals surface area contributed by atoms with Gasteiger partial charge in [0.2, 0.25) is 0 Å². The van der Waals surface area contributed by atoms with Gasteiger partial charge in [0.05, 0.1) is 24.2 Å². The Morgan fingerprint density at radius 3 is 2.87 bits per heavy atom. The van der Waals surface area contributed by atoms with Crippen LogP contribution in [0.25, 0.3) is 11.0 Å². The van der Waals surface area contributed by atoms with Crippen molar-refractivity contribution in [3.8, 4) is 0 Å². The van der Waals surface area contributed by atoms with Crippen molar-refractivity contribution < 1.29 is 14.3 Å². The number of carbonyl (C=O) groups is 1. The lowest BCUT2D eigenvalue weighted by Crippen LogP contribution is -2.05. The molecule has 0 bridgehead atoms. The quantitative estimate of drug-likeness (QED) is 0.781. The highest BCUT2D eigenvalue weighted by Gasteiger charge is 2.17. The Hall–Kier alpha value is -1.98. The van der Waals surface area contributed by atoms with Crippen LogP contribution in [-0.2, 0) is 37.1 Å². The normalized spacial score (nSPS) is 13.6. The third-order valence-electron chi connectivity index (χ3n) is 4.36. The molecular formula is C18H17NO3S. The molecule has 0 spiro atoms. The van der Waals surface area contributed by atoms with Gasteiger partial charge in [-0.25, -0.2) is 4.98 Å². The van der Waals surface area contributed by atoms with E-state index in [0.29, 0.717) is 12.8 Å². The molecule has 0 aliphatic heterocycles. The molecule has 4 rings (SSSR count). The predicted molar refractivity (Wildman–Crippen MR) is 88.7 cm³/mol. The molecule has 0 unspecified atom stereocenters. The summed E-state index contributed by atoms with van der Waals surface area (Å²) in [6.45, 7) is -0.0245. The molecule has 1 aliphatic rings. The lowest BCUT2D eigenvalue weighted by atomic mass is 10.0. The topological polar surface area (TPSA) is 63.3 Å². The second kappa shape index (κ2) is 5.91. The Morgan fingerprint density at radius 1 is 1.26 bits per heavy atom. The number of aliphatic hydroxyl groups excluding tert-OH is 1. The predicted octanol–water partition coefficient (Wildman–Crippen LogP) is 3.22. The highest BCUT2D eigenvalue weighted by Crippen LogP contribution is 2.30. The number of nitrogens with zero attached hydrogens (tertiary/aromatic N) is 1. The van der Waals surface area contributed by atoms with Gasteiger partial charge in [-0.05, 0) is 42.5 Å². The summed E-state index contributed by atoms with van der Waals surface area (Å²) in [5, 5.41) is 10.9. The first-order valence-corrected chi connectivity index (χ1v) is 8.62. The van der Waals surface area contributed by atoms with E-state index in [0.717, 1.165) is 39.3 Å². The molecular weight excluding hydrogens is 310 g/mol. The summed E-state index contributed by atoms with van der Waals surface area (Å²) in [5.74, 6) is 0.118. The van der Waals surface area contributed by atoms with Gasteiger partial charge in [0.1, 0.15) is 16.4 Å². The Bertz CT molecular complexity index is 878. The molecule has 0 fully saturated rings. The number of aryl methyl sites for hydroxylation is 2. The zero-order valence-electron chi connectivity index (χ0n) is 12.7. The summed E-state index contributed by atoms with van der Waals surface area (Å²) in [7, 11) is 0. The number of Topliss-reactive ketones (excluding diaryl/α,β-unsaturated/α-hetero) is 1. The Kier molecular flexibility index (Phi) is 3.75. The second-order valence-corrected chi connectivity index (χ2v) is 7.20. The van der Waals surface area contributed by atoms with E-state index < -0.39 is 0 Å². The molecule has 4 nitrogen and oxygen atoms in total. The summed E-state index contributed by atoms with van der Waals surface area (Å²) < 4.78 is 5.65. The summed E-state index contributed by atoms with van der Waals surface area (Å²) in [6.07, 6.45) is 7.45. The molecule has 1 aromatic carbocycles. The largest absolute Gasteiger partial charge is 0.464 e. The van der Waals surface area contributed by atoms with E-state index in [9.17, 15) is 4.79 Å². The Morgan fingerprint density at radius 2 is 2.09 bits per heavy atom. The lowest BCUT2D eigenvalue weighted by molar-refractivity contribution is -0.117. The van der Waals surface area contributed by atoms with Gasteiger partial charge in [-0.2, -0.15) is 0 Å². The Balaban J connectivity index is 1.54. The highest BCUT2D eigenvalue weighted by atomic mass is 32.1. The first-order valence-electron chi connectivity index (χ1n) is 7.81. The fourth-order valence-corrected chi connectivity index (χ4v) is 4.04. The van der Waals surface area contributed by atoms with Gasteiger partial charge in [-0.3, -0.25) is 4.79 Å². The highest BCUT2D eigenvalue weighted by molar-refractivity contribution is 7.11. The van der Waals surface area contributed by atoms with Gasteiger partial charge >= 0.3 is 0 Å². The minimum absolute atomic E-state index is 0.0245. The van der Waals surface area contributed by atoms with Crippen LogP contribution in [0.2, 0.25) is 0 Å². The number of aliphatic hydroxyl groups is 1. The first-order chi connectivity index (χ1) is 11.2. The van der Waals surface area contributed by atoms with E-state index in [1.165, 1.54) is 28.9 Å². The molecule has 3 aromatic rings. The van der Waals surface area contributed by atoms with Crippen LogP contribution >= 0.6 is 11.3 Å². The number of benzene rings is 1. The van der Waals surface area contributed by atoms with Gasteiger partial charge < -0.3 is 9.52 Å². The number of aromatic nitrogens is 1. The molecule has 0 radical (unpaired) electrons. The van der Waals surface area contributed by atoms with Crippen molar-refractivity contribution in [1.82, 2.24) is 4.98 Å². The minimum Gasteiger partial charge on any atom is -0.464 e. The van der Waals surface area contributed by atoms with Crippen LogP contribution in [0.5, 0.6) is 0 Å². The molecule has 5 heteroatoms. The van der Waals surface area contributed by atoms with Gasteiger partial charge in [0.25, 0.3) is 0 Å². The monoisotopic (exact) mass is 327 g/mol. The maximum atomic E-state index is 12.3. The third kappa shape index (κ3) is 2.82. The van der Waals surface area contributed by atoms with E-state index in [4.69, 9.17) is 9.52 Å². The van der Waals surface area contributed by atoms with Gasteiger partial charge in [0, 0.05) is 23.6 Å². The van der Waals surface area contributed by atoms with Crippen LogP contribution in [0.4, 0.5) is 0 Å². The number of hydrogen-bond donors (Lipinski definition) is 1. The number of rotatable bonds is 5. The molecule has 1 aliphatic carbocycles. The van der Waals surface area contributed by atoms with Crippen LogP contribution in [0.1, 0.15) is 33.0 Å². The first kappa shape index (κ1) is 14.6. The molecule has 0 amide bonds. The second-order valence-electron chi connectivity index (χ2n) is 6.00. The van der Waals surface area contributed by atoms with Crippen LogP contribution in [0, 0.1) is 0 Å². The smallest absolute Gasteiger partial charge is 0.144 e. The average molecular weight is 327 g/mol. The number of fused-ring (bicyclic) bond motifs is 2. The number of furan rings is 1. The molecule has 2 aromatic heterocycles. The summed E-state index contributed by atoms with van der Waals surface area (Å²) >= 11 is 1.39. The number of ketones is 1. The lowest BCUT2D eigenvalue weighted by Gasteiger charge is -2.01. The van der Waals surface area contributed by atoms with E-state index in [2.05, 4.69) is 17.1 Å². The maximum absolute atomic E-state index is 12.3. The van der Waals surface area contributed by atoms with Gasteiger partial charge in [-0.1, -0.05) is 0 Å². The molecule has 23 heavy (non-hydrogen) atoms. The van der Waals surface area contributed by atoms with Crippen LogP contribution < -0.4 is 0 Å². The van der Waals surface area contributed by atoms with Crippen molar-refractivity contribution >= 4 is 28.1 Å². The molecule has 1 N–H and O–H groups in total. The molecule has 0 saturated carbocycles. The van der Waals surface area contributed by atoms with Crippen LogP contribution in [0.15, 0.2) is 29.0 Å². The van der Waals surface area contributed by atoms with Crippen molar-refractivity contribution in [3.63, 3.8) is 0 Å². The zero-order valence-corrected chi connectivity index (χ0v) is 13.5. The minimum atomic E-state index is -0.0245. The van der Waals surface area contributed by atoms with E-state index >= 15 is 0 Å². The van der Waals surface area contributed by atoms with Crippen molar-refractivity contribution in [2.75, 3.05) is 0 Å². The summed E-state index contributed by atoms with van der Waals surface area (Å²) in [6, 6.07) is 4.32. The number of thiazole rings is 1. The molecule has 0 atom stereocenters. The van der Waals surface area contributed by atoms with Gasteiger partial charge in [0.15, 0.2) is 0 Å². The SMILES string of the molecule is O=C(Cc1ncc(CO)s1)Cc1coc2cc3c(cc12)CCC3. The average Bonchev–Trinajstić information content (AvgIpc) is 3.25. The number of carbonyl (C=O) groups excluding carboxylic acids is 1. The van der Waals surface area contributed by atoms with Crippen molar-refractivity contribution in [2.24, 2.45) is 0 Å². The number of hydrogen-bond acceptors (Lipinski definition) is 5. The molecule has 2 heterocycles. The van der Waals surface area contributed by atoms with E-state index in [-0.39, 0.29) is 12.4 Å². The molecule has 0 saturated heterocycles. The zero-order chi connectivity index (χ0) is 15.8. The fraction of sp³-hybridized carbons (Fsp3) is 0.333. The van der Waals surface area contributed by atoms with Crippen molar-refractivity contribution in [1.29, 1.82) is 0 Å². The fourth-order valence-electron chi connectivity index (χ4n) is 3.23. The third-order valence-corrected chi connectivity index (χ3v) is 5.34. The van der Waals surface area contributed by atoms with Crippen LogP contribution in [0.3, 0.4) is 0 Å². The Labute approximate surface area is 137 Å². The molecule has 118 valence electrons. The van der Waals surface area contributed by atoms with Crippen molar-refractivity contribution in [2.45, 2.75) is 38.7 Å². The van der Waals surface area contributed by atoms with E-state index in [1.54, 1.807) is 12.5 Å².